The molecule has 1 atom stereocenters. The zero-order valence-electron chi connectivity index (χ0n) is 13.3. The molecule has 1 aromatic heterocycles. The molecule has 1 heterocycles. The highest BCUT2D eigenvalue weighted by molar-refractivity contribution is 5.80. The Labute approximate surface area is 140 Å². The number of amides is 1. The van der Waals surface area contributed by atoms with Crippen LogP contribution in [0.25, 0.3) is 5.69 Å². The summed E-state index contributed by atoms with van der Waals surface area (Å²) in [5.74, 6) is 1.11. The van der Waals surface area contributed by atoms with Crippen molar-refractivity contribution in [2.75, 3.05) is 0 Å². The highest BCUT2D eigenvalue weighted by Crippen LogP contribution is 2.11. The fourth-order valence-corrected chi connectivity index (χ4v) is 2.25. The number of nitrogens with one attached hydrogen (secondary N) is 1. The number of hydrogen-bond acceptors (Lipinski definition) is 4. The topological polar surface area (TPSA) is 69.0 Å². The van der Waals surface area contributed by atoms with Crippen LogP contribution in [0.3, 0.4) is 0 Å². The molecule has 6 heteroatoms. The first-order valence-electron chi connectivity index (χ1n) is 7.68. The maximum absolute atomic E-state index is 12.2. The SMILES string of the molecule is CC(Oc1ccccc1)C(=O)NCc1nncn1-c1ccccc1. The lowest BCUT2D eigenvalue weighted by atomic mass is 10.3. The van der Waals surface area contributed by atoms with E-state index in [2.05, 4.69) is 15.5 Å². The van der Waals surface area contributed by atoms with Gasteiger partial charge in [-0.2, -0.15) is 0 Å². The van der Waals surface area contributed by atoms with Crippen molar-refractivity contribution in [2.24, 2.45) is 0 Å². The van der Waals surface area contributed by atoms with Crippen molar-refractivity contribution in [1.29, 1.82) is 0 Å². The van der Waals surface area contributed by atoms with E-state index in [0.717, 1.165) is 5.69 Å². The van der Waals surface area contributed by atoms with Gasteiger partial charge in [-0.25, -0.2) is 0 Å². The van der Waals surface area contributed by atoms with Gasteiger partial charge in [0.05, 0.1) is 6.54 Å². The first-order valence-corrected chi connectivity index (χ1v) is 7.68. The van der Waals surface area contributed by atoms with Crippen LogP contribution in [0.2, 0.25) is 0 Å². The number of nitrogens with zero attached hydrogens (tertiary/aromatic N) is 3. The van der Waals surface area contributed by atoms with Crippen molar-refractivity contribution >= 4 is 5.91 Å². The number of carbonyl (C=O) groups is 1. The van der Waals surface area contributed by atoms with Crippen LogP contribution in [0.15, 0.2) is 67.0 Å². The monoisotopic (exact) mass is 322 g/mol. The largest absolute Gasteiger partial charge is 0.481 e. The van der Waals surface area contributed by atoms with Crippen molar-refractivity contribution in [1.82, 2.24) is 20.1 Å². The summed E-state index contributed by atoms with van der Waals surface area (Å²) < 4.78 is 7.44. The van der Waals surface area contributed by atoms with E-state index < -0.39 is 6.10 Å². The Hall–Kier alpha value is -3.15. The van der Waals surface area contributed by atoms with Crippen LogP contribution in [-0.2, 0) is 11.3 Å². The van der Waals surface area contributed by atoms with Crippen molar-refractivity contribution in [3.63, 3.8) is 0 Å². The summed E-state index contributed by atoms with van der Waals surface area (Å²) >= 11 is 0. The molecule has 0 spiro atoms. The summed E-state index contributed by atoms with van der Waals surface area (Å²) in [6.45, 7) is 1.99. The van der Waals surface area contributed by atoms with Crippen molar-refractivity contribution in [2.45, 2.75) is 19.6 Å². The normalized spacial score (nSPS) is 11.7. The molecule has 0 saturated carbocycles. The second-order valence-electron chi connectivity index (χ2n) is 5.24. The average Bonchev–Trinajstić information content (AvgIpc) is 3.10. The molecule has 1 unspecified atom stereocenters. The molecule has 0 aliphatic rings. The molecule has 1 N–H and O–H groups in total. The maximum Gasteiger partial charge on any atom is 0.261 e. The lowest BCUT2D eigenvalue weighted by molar-refractivity contribution is -0.127. The molecule has 0 radical (unpaired) electrons. The number of ether oxygens (including phenoxy) is 1. The van der Waals surface area contributed by atoms with Gasteiger partial charge in [0.2, 0.25) is 0 Å². The summed E-state index contributed by atoms with van der Waals surface area (Å²) in [6, 6.07) is 19.0. The molecule has 0 aliphatic heterocycles. The van der Waals surface area contributed by atoms with E-state index in [1.807, 2.05) is 65.2 Å². The number of aromatic nitrogens is 3. The Morgan fingerprint density at radius 3 is 2.50 bits per heavy atom. The Balaban J connectivity index is 1.60. The zero-order chi connectivity index (χ0) is 16.8. The molecule has 24 heavy (non-hydrogen) atoms. The standard InChI is InChI=1S/C18H18N4O2/c1-14(24-16-10-6-3-7-11-16)18(23)19-12-17-21-20-13-22(17)15-8-4-2-5-9-15/h2-11,13-14H,12H2,1H3,(H,19,23). The lowest BCUT2D eigenvalue weighted by Gasteiger charge is -2.14. The maximum atomic E-state index is 12.2. The summed E-state index contributed by atoms with van der Waals surface area (Å²) in [5.41, 5.74) is 0.945. The van der Waals surface area contributed by atoms with E-state index in [4.69, 9.17) is 4.74 Å². The molecule has 0 saturated heterocycles. The fraction of sp³-hybridized carbons (Fsp3) is 0.167. The molecular formula is C18H18N4O2. The van der Waals surface area contributed by atoms with Crippen LogP contribution in [0.4, 0.5) is 0 Å². The van der Waals surface area contributed by atoms with Crippen molar-refractivity contribution < 1.29 is 9.53 Å². The molecule has 1 amide bonds. The first-order chi connectivity index (χ1) is 11.7. The molecule has 6 nitrogen and oxygen atoms in total. The van der Waals surface area contributed by atoms with Gasteiger partial charge in [-0.05, 0) is 31.2 Å². The minimum absolute atomic E-state index is 0.207. The third-order valence-corrected chi connectivity index (χ3v) is 3.50. The van der Waals surface area contributed by atoms with Crippen LogP contribution in [-0.4, -0.2) is 26.8 Å². The Kier molecular flexibility index (Phi) is 4.86. The molecular weight excluding hydrogens is 304 g/mol. The van der Waals surface area contributed by atoms with Crippen LogP contribution in [0, 0.1) is 0 Å². The molecule has 0 bridgehead atoms. The predicted octanol–water partition coefficient (Wildman–Crippen LogP) is 2.35. The van der Waals surface area contributed by atoms with E-state index in [1.165, 1.54) is 0 Å². The third kappa shape index (κ3) is 3.78. The summed E-state index contributed by atoms with van der Waals surface area (Å²) in [6.07, 6.45) is 1.03. The summed E-state index contributed by atoms with van der Waals surface area (Å²) in [5, 5.41) is 10.8. The Bertz CT molecular complexity index is 787. The van der Waals surface area contributed by atoms with Crippen molar-refractivity contribution in [3.05, 3.63) is 72.8 Å². The van der Waals surface area contributed by atoms with Gasteiger partial charge < -0.3 is 10.1 Å². The minimum Gasteiger partial charge on any atom is -0.481 e. The van der Waals surface area contributed by atoms with Gasteiger partial charge >= 0.3 is 0 Å². The number of para-hydroxylation sites is 2. The zero-order valence-corrected chi connectivity index (χ0v) is 13.3. The number of rotatable bonds is 6. The van der Waals surface area contributed by atoms with Gasteiger partial charge in [0.15, 0.2) is 11.9 Å². The molecule has 3 rings (SSSR count). The summed E-state index contributed by atoms with van der Waals surface area (Å²) in [4.78, 5) is 12.2. The lowest BCUT2D eigenvalue weighted by Crippen LogP contribution is -2.36. The fourth-order valence-electron chi connectivity index (χ4n) is 2.25. The van der Waals surface area contributed by atoms with Crippen LogP contribution >= 0.6 is 0 Å². The van der Waals surface area contributed by atoms with Crippen LogP contribution in [0.5, 0.6) is 5.75 Å². The average molecular weight is 322 g/mol. The molecule has 122 valence electrons. The molecule has 3 aromatic rings. The number of benzene rings is 2. The van der Waals surface area contributed by atoms with E-state index in [9.17, 15) is 4.79 Å². The van der Waals surface area contributed by atoms with Gasteiger partial charge in [0.1, 0.15) is 12.1 Å². The van der Waals surface area contributed by atoms with E-state index >= 15 is 0 Å². The highest BCUT2D eigenvalue weighted by atomic mass is 16.5. The second-order valence-corrected chi connectivity index (χ2v) is 5.24. The third-order valence-electron chi connectivity index (χ3n) is 3.50. The van der Waals surface area contributed by atoms with Gasteiger partial charge in [-0.15, -0.1) is 10.2 Å². The smallest absolute Gasteiger partial charge is 0.261 e. The number of hydrogen-bond donors (Lipinski definition) is 1. The predicted molar refractivity (Wildman–Crippen MR) is 89.7 cm³/mol. The first kappa shape index (κ1) is 15.7. The van der Waals surface area contributed by atoms with E-state index in [-0.39, 0.29) is 12.5 Å². The molecule has 0 fully saturated rings. The van der Waals surface area contributed by atoms with Gasteiger partial charge in [0, 0.05) is 5.69 Å². The van der Waals surface area contributed by atoms with E-state index in [0.29, 0.717) is 11.6 Å². The Morgan fingerprint density at radius 2 is 1.79 bits per heavy atom. The summed E-state index contributed by atoms with van der Waals surface area (Å²) in [7, 11) is 0. The van der Waals surface area contributed by atoms with E-state index in [1.54, 1.807) is 13.3 Å². The Morgan fingerprint density at radius 1 is 1.12 bits per heavy atom. The molecule has 0 aliphatic carbocycles. The quantitative estimate of drug-likeness (QED) is 0.756. The molecule has 2 aromatic carbocycles. The van der Waals surface area contributed by atoms with Gasteiger partial charge in [-0.3, -0.25) is 9.36 Å². The van der Waals surface area contributed by atoms with Crippen LogP contribution < -0.4 is 10.1 Å². The van der Waals surface area contributed by atoms with Crippen LogP contribution in [0.1, 0.15) is 12.7 Å². The van der Waals surface area contributed by atoms with Crippen molar-refractivity contribution in [3.8, 4) is 11.4 Å². The van der Waals surface area contributed by atoms with Gasteiger partial charge in [-0.1, -0.05) is 36.4 Å². The minimum atomic E-state index is -0.597. The number of carbonyl (C=O) groups excluding carboxylic acids is 1. The second kappa shape index (κ2) is 7.41. The van der Waals surface area contributed by atoms with Gasteiger partial charge in [0.25, 0.3) is 5.91 Å². The highest BCUT2D eigenvalue weighted by Gasteiger charge is 2.15.